The number of ketones is 1. The maximum Gasteiger partial charge on any atom is 0.245 e. The van der Waals surface area contributed by atoms with Gasteiger partial charge in [-0.3, -0.25) is 14.5 Å². The number of amides is 1. The van der Waals surface area contributed by atoms with Gasteiger partial charge in [0, 0.05) is 5.39 Å². The largest absolute Gasteiger partial charge is 0.320 e. The lowest BCUT2D eigenvalue weighted by Gasteiger charge is -2.33. The maximum atomic E-state index is 12.8. The van der Waals surface area contributed by atoms with E-state index in [1.807, 2.05) is 44.2 Å². The Kier molecular flexibility index (Phi) is 6.04. The van der Waals surface area contributed by atoms with E-state index in [1.54, 1.807) is 13.0 Å². The molecule has 2 rings (SSSR count). The Labute approximate surface area is 148 Å². The predicted octanol–water partition coefficient (Wildman–Crippen LogP) is 2.90. The minimum atomic E-state index is -0.744. The molecule has 0 aliphatic carbocycles. The Bertz CT molecular complexity index is 783. The molecule has 25 heavy (non-hydrogen) atoms. The van der Waals surface area contributed by atoms with Crippen molar-refractivity contribution in [2.45, 2.75) is 32.9 Å². The van der Waals surface area contributed by atoms with E-state index >= 15 is 0 Å². The minimum absolute atomic E-state index is 0.111. The first kappa shape index (κ1) is 18.8. The molecule has 1 aromatic carbocycles. The number of benzene rings is 1. The standard InChI is InChI=1S/C20H24N3O2/c1-5-8-17(24)19(13(2)3)23(20(25)14(4)21)18-12-11-15-9-6-7-10-16(15)22-18/h5-14,19H,1,21H2,2-4H3/t14-,19-/m0/s1. The molecule has 1 heterocycles. The van der Waals surface area contributed by atoms with Crippen molar-refractivity contribution in [1.29, 1.82) is 0 Å². The molecule has 1 radical (unpaired) electrons. The van der Waals surface area contributed by atoms with Crippen LogP contribution in [-0.2, 0) is 9.59 Å². The van der Waals surface area contributed by atoms with Crippen molar-refractivity contribution in [2.75, 3.05) is 4.90 Å². The third-order valence-electron chi connectivity index (χ3n) is 3.94. The summed E-state index contributed by atoms with van der Waals surface area (Å²) in [6.07, 6.45) is 2.81. The first-order valence-electron chi connectivity index (χ1n) is 8.31. The molecule has 0 saturated heterocycles. The molecule has 5 heteroatoms. The zero-order chi connectivity index (χ0) is 18.6. The van der Waals surface area contributed by atoms with E-state index in [4.69, 9.17) is 5.73 Å². The first-order chi connectivity index (χ1) is 11.9. The van der Waals surface area contributed by atoms with E-state index < -0.39 is 12.1 Å². The van der Waals surface area contributed by atoms with Gasteiger partial charge in [0.05, 0.1) is 24.0 Å². The molecule has 0 bridgehead atoms. The molecule has 0 aliphatic heterocycles. The van der Waals surface area contributed by atoms with Gasteiger partial charge in [-0.1, -0.05) is 38.1 Å². The van der Waals surface area contributed by atoms with Crippen LogP contribution >= 0.6 is 0 Å². The summed E-state index contributed by atoms with van der Waals surface area (Å²) >= 11 is 0. The summed E-state index contributed by atoms with van der Waals surface area (Å²) in [5.74, 6) is -0.230. The van der Waals surface area contributed by atoms with E-state index in [0.29, 0.717) is 5.82 Å². The zero-order valence-electron chi connectivity index (χ0n) is 14.8. The second-order valence-corrected chi connectivity index (χ2v) is 6.35. The van der Waals surface area contributed by atoms with Gasteiger partial charge >= 0.3 is 0 Å². The van der Waals surface area contributed by atoms with Gasteiger partial charge in [-0.2, -0.15) is 0 Å². The monoisotopic (exact) mass is 338 g/mol. The van der Waals surface area contributed by atoms with Crippen LogP contribution in [0.3, 0.4) is 0 Å². The average molecular weight is 338 g/mol. The van der Waals surface area contributed by atoms with Crippen LogP contribution in [0.15, 0.2) is 49.1 Å². The summed E-state index contributed by atoms with van der Waals surface area (Å²) in [6.45, 7) is 8.96. The Morgan fingerprint density at radius 2 is 1.84 bits per heavy atom. The molecule has 1 amide bonds. The average Bonchev–Trinajstić information content (AvgIpc) is 2.58. The summed E-state index contributed by atoms with van der Waals surface area (Å²) < 4.78 is 0. The number of hydrogen-bond acceptors (Lipinski definition) is 4. The number of aromatic nitrogens is 1. The molecule has 0 unspecified atom stereocenters. The van der Waals surface area contributed by atoms with Crippen LogP contribution in [0, 0.1) is 12.3 Å². The van der Waals surface area contributed by atoms with Gasteiger partial charge in [0.15, 0.2) is 5.78 Å². The van der Waals surface area contributed by atoms with Crippen molar-refractivity contribution in [1.82, 2.24) is 4.98 Å². The van der Waals surface area contributed by atoms with Gasteiger partial charge in [-0.15, -0.1) is 6.58 Å². The third kappa shape index (κ3) is 4.12. The maximum absolute atomic E-state index is 12.8. The molecule has 2 aromatic rings. The van der Waals surface area contributed by atoms with Crippen molar-refractivity contribution < 1.29 is 9.59 Å². The smallest absolute Gasteiger partial charge is 0.245 e. The van der Waals surface area contributed by atoms with Crippen LogP contribution in [0.25, 0.3) is 10.9 Å². The summed E-state index contributed by atoms with van der Waals surface area (Å²) in [7, 11) is 0. The fourth-order valence-corrected chi connectivity index (χ4v) is 2.77. The molecule has 0 fully saturated rings. The van der Waals surface area contributed by atoms with E-state index in [0.717, 1.165) is 10.9 Å². The number of Topliss-reactive ketones (excluding diaryl/α,β-unsaturated/α-hetero) is 1. The number of hydrogen-bond donors (Lipinski definition) is 1. The topological polar surface area (TPSA) is 76.3 Å². The van der Waals surface area contributed by atoms with Gasteiger partial charge in [0.25, 0.3) is 0 Å². The summed E-state index contributed by atoms with van der Waals surface area (Å²) in [5, 5.41) is 0.963. The highest BCUT2D eigenvalue weighted by Gasteiger charge is 2.35. The molecule has 131 valence electrons. The van der Waals surface area contributed by atoms with Crippen molar-refractivity contribution in [3.05, 3.63) is 55.5 Å². The number of carbonyl (C=O) groups is 2. The lowest BCUT2D eigenvalue weighted by atomic mass is 9.95. The van der Waals surface area contributed by atoms with Gasteiger partial charge in [-0.25, -0.2) is 4.98 Å². The lowest BCUT2D eigenvalue weighted by molar-refractivity contribution is -0.124. The molecule has 2 atom stereocenters. The van der Waals surface area contributed by atoms with Crippen molar-refractivity contribution in [3.63, 3.8) is 0 Å². The molecule has 1 aromatic heterocycles. The van der Waals surface area contributed by atoms with Gasteiger partial charge < -0.3 is 5.73 Å². The Morgan fingerprint density at radius 3 is 2.44 bits per heavy atom. The molecule has 0 spiro atoms. The second-order valence-electron chi connectivity index (χ2n) is 6.35. The second kappa shape index (κ2) is 8.03. The fraction of sp³-hybridized carbons (Fsp3) is 0.300. The number of para-hydroxylation sites is 1. The Balaban J connectivity index is 2.58. The molecule has 2 N–H and O–H groups in total. The SMILES string of the molecule is C=C[CH]C(=O)[C@H](C(C)C)N(C(=O)[C@H](C)N)c1ccc2ccccc2n1. The third-order valence-corrected chi connectivity index (χ3v) is 3.94. The van der Waals surface area contributed by atoms with Crippen molar-refractivity contribution in [3.8, 4) is 0 Å². The van der Waals surface area contributed by atoms with Gasteiger partial charge in [-0.05, 0) is 31.0 Å². The van der Waals surface area contributed by atoms with Gasteiger partial charge in [0.2, 0.25) is 5.91 Å². The zero-order valence-corrected chi connectivity index (χ0v) is 14.8. The number of nitrogens with zero attached hydrogens (tertiary/aromatic N) is 2. The molecule has 0 saturated carbocycles. The number of pyridine rings is 1. The number of nitrogens with two attached hydrogens (primary N) is 1. The van der Waals surface area contributed by atoms with E-state index in [-0.39, 0.29) is 17.6 Å². The van der Waals surface area contributed by atoms with Crippen molar-refractivity contribution in [2.24, 2.45) is 11.7 Å². The highest BCUT2D eigenvalue weighted by molar-refractivity contribution is 6.06. The van der Waals surface area contributed by atoms with Gasteiger partial charge in [0.1, 0.15) is 5.82 Å². The Morgan fingerprint density at radius 1 is 1.16 bits per heavy atom. The number of anilines is 1. The summed E-state index contributed by atoms with van der Waals surface area (Å²) in [6, 6.07) is 9.82. The van der Waals surface area contributed by atoms with Crippen LogP contribution in [-0.4, -0.2) is 28.8 Å². The molecule has 0 aliphatic rings. The highest BCUT2D eigenvalue weighted by Crippen LogP contribution is 2.24. The predicted molar refractivity (Wildman–Crippen MR) is 101 cm³/mol. The number of carbonyl (C=O) groups excluding carboxylic acids is 2. The highest BCUT2D eigenvalue weighted by atomic mass is 16.2. The molecular weight excluding hydrogens is 314 g/mol. The summed E-state index contributed by atoms with van der Waals surface area (Å²) in [4.78, 5) is 31.4. The fourth-order valence-electron chi connectivity index (χ4n) is 2.77. The number of allylic oxidation sites excluding steroid dienone is 1. The van der Waals surface area contributed by atoms with Crippen LogP contribution in [0.2, 0.25) is 0 Å². The summed E-state index contributed by atoms with van der Waals surface area (Å²) in [5.41, 5.74) is 6.59. The van der Waals surface area contributed by atoms with Crippen molar-refractivity contribution >= 4 is 28.4 Å². The normalized spacial score (nSPS) is 13.5. The van der Waals surface area contributed by atoms with Crippen LogP contribution in [0.4, 0.5) is 5.82 Å². The number of fused-ring (bicyclic) bond motifs is 1. The molecular formula is C20H24N3O2. The number of rotatable bonds is 7. The van der Waals surface area contributed by atoms with E-state index in [2.05, 4.69) is 11.6 Å². The quantitative estimate of drug-likeness (QED) is 0.842. The first-order valence-corrected chi connectivity index (χ1v) is 8.31. The van der Waals surface area contributed by atoms with Crippen LogP contribution < -0.4 is 10.6 Å². The van der Waals surface area contributed by atoms with Crippen LogP contribution in [0.1, 0.15) is 20.8 Å². The van der Waals surface area contributed by atoms with E-state index in [1.165, 1.54) is 17.4 Å². The minimum Gasteiger partial charge on any atom is -0.320 e. The lowest BCUT2D eigenvalue weighted by Crippen LogP contribution is -2.53. The molecule has 5 nitrogen and oxygen atoms in total. The van der Waals surface area contributed by atoms with E-state index in [9.17, 15) is 9.59 Å². The van der Waals surface area contributed by atoms with Crippen LogP contribution in [0.5, 0.6) is 0 Å². The Hall–Kier alpha value is -2.53.